The Bertz CT molecular complexity index is 527. The van der Waals surface area contributed by atoms with E-state index in [1.165, 1.54) is 0 Å². The minimum Gasteiger partial charge on any atom is -0.465 e. The van der Waals surface area contributed by atoms with Crippen molar-refractivity contribution in [2.75, 3.05) is 6.61 Å². The second kappa shape index (κ2) is 4.31. The lowest BCUT2D eigenvalue weighted by molar-refractivity contribution is -0.164. The number of esters is 3. The Hall–Kier alpha value is -1.39. The molecule has 5 heteroatoms. The van der Waals surface area contributed by atoms with Gasteiger partial charge in [-0.2, -0.15) is 0 Å². The van der Waals surface area contributed by atoms with Gasteiger partial charge in [-0.05, 0) is 42.4 Å². The van der Waals surface area contributed by atoms with E-state index in [2.05, 4.69) is 6.92 Å². The van der Waals surface area contributed by atoms with Crippen LogP contribution in [0.15, 0.2) is 0 Å². The summed E-state index contributed by atoms with van der Waals surface area (Å²) in [6.45, 7) is 4.47. The van der Waals surface area contributed by atoms with E-state index in [9.17, 15) is 14.4 Å². The molecule has 0 radical (unpaired) electrons. The van der Waals surface area contributed by atoms with Gasteiger partial charge in [-0.1, -0.05) is 13.8 Å². The fourth-order valence-corrected chi connectivity index (χ4v) is 5.73. The van der Waals surface area contributed by atoms with Crippen LogP contribution in [0.25, 0.3) is 0 Å². The van der Waals surface area contributed by atoms with E-state index in [-0.39, 0.29) is 35.6 Å². The smallest absolute Gasteiger partial charge is 0.317 e. The SMILES string of the molecule is CC1C(=O)OC(=O)C1C1C(C)C2CC1C1C(=O)OCCC21. The molecule has 4 fully saturated rings. The van der Waals surface area contributed by atoms with Gasteiger partial charge in [0.1, 0.15) is 0 Å². The molecule has 4 rings (SSSR count). The zero-order valence-corrected chi connectivity index (χ0v) is 12.3. The predicted octanol–water partition coefficient (Wildman–Crippen LogP) is 1.40. The van der Waals surface area contributed by atoms with Gasteiger partial charge in [0.2, 0.25) is 0 Å². The maximum Gasteiger partial charge on any atom is 0.317 e. The molecular formula is C16H20O5. The Morgan fingerprint density at radius 1 is 0.905 bits per heavy atom. The number of cyclic esters (lactones) is 3. The van der Waals surface area contributed by atoms with Gasteiger partial charge in [-0.15, -0.1) is 0 Å². The van der Waals surface area contributed by atoms with Crippen molar-refractivity contribution < 1.29 is 23.9 Å². The van der Waals surface area contributed by atoms with Gasteiger partial charge >= 0.3 is 17.9 Å². The van der Waals surface area contributed by atoms with Crippen molar-refractivity contribution >= 4 is 17.9 Å². The van der Waals surface area contributed by atoms with E-state index in [4.69, 9.17) is 9.47 Å². The van der Waals surface area contributed by atoms with Crippen LogP contribution in [0.4, 0.5) is 0 Å². The summed E-state index contributed by atoms with van der Waals surface area (Å²) in [5.74, 6) is -0.223. The number of rotatable bonds is 1. The zero-order chi connectivity index (χ0) is 14.9. The fraction of sp³-hybridized carbons (Fsp3) is 0.812. The molecule has 8 unspecified atom stereocenters. The van der Waals surface area contributed by atoms with Gasteiger partial charge in [0.15, 0.2) is 0 Å². The molecule has 2 saturated carbocycles. The van der Waals surface area contributed by atoms with Crippen LogP contribution in [0.1, 0.15) is 26.7 Å². The molecular weight excluding hydrogens is 272 g/mol. The summed E-state index contributed by atoms with van der Waals surface area (Å²) < 4.78 is 10.1. The maximum atomic E-state index is 12.2. The number of hydrogen-bond donors (Lipinski definition) is 0. The van der Waals surface area contributed by atoms with Crippen LogP contribution in [-0.2, 0) is 23.9 Å². The number of carbonyl (C=O) groups excluding carboxylic acids is 3. The molecule has 0 spiro atoms. The van der Waals surface area contributed by atoms with Crippen LogP contribution >= 0.6 is 0 Å². The number of carbonyl (C=O) groups is 3. The van der Waals surface area contributed by atoms with Crippen LogP contribution in [0.3, 0.4) is 0 Å². The standard InChI is InChI=1S/C16H20O5/c1-6-9-5-10(13-8(9)3-4-20-15(13)18)11(6)12-7(2)14(17)21-16(12)19/h6-13H,3-5H2,1-2H3. The molecule has 2 heterocycles. The van der Waals surface area contributed by atoms with Crippen molar-refractivity contribution in [1.29, 1.82) is 0 Å². The van der Waals surface area contributed by atoms with Gasteiger partial charge < -0.3 is 9.47 Å². The van der Waals surface area contributed by atoms with E-state index in [1.54, 1.807) is 6.92 Å². The molecule has 21 heavy (non-hydrogen) atoms. The molecule has 8 atom stereocenters. The molecule has 2 saturated heterocycles. The summed E-state index contributed by atoms with van der Waals surface area (Å²) in [5.41, 5.74) is 0. The highest BCUT2D eigenvalue weighted by molar-refractivity contribution is 5.96. The van der Waals surface area contributed by atoms with Gasteiger partial charge in [0, 0.05) is 0 Å². The van der Waals surface area contributed by atoms with Gasteiger partial charge in [-0.3, -0.25) is 14.4 Å². The molecule has 4 aliphatic rings. The normalized spacial score (nSPS) is 51.8. The largest absolute Gasteiger partial charge is 0.465 e. The zero-order valence-electron chi connectivity index (χ0n) is 12.3. The summed E-state index contributed by atoms with van der Waals surface area (Å²) in [7, 11) is 0. The summed E-state index contributed by atoms with van der Waals surface area (Å²) >= 11 is 0. The molecule has 0 aromatic rings. The van der Waals surface area contributed by atoms with Crippen LogP contribution in [0.5, 0.6) is 0 Å². The predicted molar refractivity (Wildman–Crippen MR) is 70.6 cm³/mol. The van der Waals surface area contributed by atoms with Crippen LogP contribution in [0, 0.1) is 47.3 Å². The number of ether oxygens (including phenoxy) is 2. The lowest BCUT2D eigenvalue weighted by Gasteiger charge is -2.42. The van der Waals surface area contributed by atoms with Gasteiger partial charge in [0.25, 0.3) is 0 Å². The quantitative estimate of drug-likeness (QED) is 0.540. The van der Waals surface area contributed by atoms with Crippen molar-refractivity contribution in [3.8, 4) is 0 Å². The Labute approximate surface area is 123 Å². The van der Waals surface area contributed by atoms with Crippen molar-refractivity contribution in [2.45, 2.75) is 26.7 Å². The molecule has 0 N–H and O–H groups in total. The Kier molecular flexibility index (Phi) is 2.72. The summed E-state index contributed by atoms with van der Waals surface area (Å²) in [5, 5.41) is 0. The summed E-state index contributed by atoms with van der Waals surface area (Å²) in [6.07, 6.45) is 1.93. The number of hydrogen-bond acceptors (Lipinski definition) is 5. The molecule has 114 valence electrons. The molecule has 2 aliphatic heterocycles. The molecule has 5 nitrogen and oxygen atoms in total. The minimum absolute atomic E-state index is 0.0688. The van der Waals surface area contributed by atoms with Crippen molar-refractivity contribution in [3.63, 3.8) is 0 Å². The van der Waals surface area contributed by atoms with Crippen molar-refractivity contribution in [1.82, 2.24) is 0 Å². The third-order valence-electron chi connectivity index (χ3n) is 6.56. The molecule has 2 bridgehead atoms. The Morgan fingerprint density at radius 3 is 2.33 bits per heavy atom. The van der Waals surface area contributed by atoms with Gasteiger partial charge in [0.05, 0.1) is 24.4 Å². The lowest BCUT2D eigenvalue weighted by atomic mass is 9.62. The Balaban J connectivity index is 1.67. The fourth-order valence-electron chi connectivity index (χ4n) is 5.73. The van der Waals surface area contributed by atoms with Gasteiger partial charge in [-0.25, -0.2) is 0 Å². The number of fused-ring (bicyclic) bond motifs is 5. The first-order valence-corrected chi connectivity index (χ1v) is 7.93. The first-order valence-electron chi connectivity index (χ1n) is 7.93. The van der Waals surface area contributed by atoms with E-state index in [0.717, 1.165) is 12.8 Å². The van der Waals surface area contributed by atoms with E-state index >= 15 is 0 Å². The molecule has 0 amide bonds. The lowest BCUT2D eigenvalue weighted by Crippen LogP contribution is -2.46. The first-order chi connectivity index (χ1) is 10.0. The molecule has 0 aromatic heterocycles. The molecule has 2 aliphatic carbocycles. The van der Waals surface area contributed by atoms with Crippen LogP contribution in [0.2, 0.25) is 0 Å². The average molecular weight is 292 g/mol. The second-order valence-corrected chi connectivity index (χ2v) is 7.20. The second-order valence-electron chi connectivity index (χ2n) is 7.20. The highest BCUT2D eigenvalue weighted by Gasteiger charge is 2.64. The van der Waals surface area contributed by atoms with Crippen LogP contribution < -0.4 is 0 Å². The third kappa shape index (κ3) is 1.60. The van der Waals surface area contributed by atoms with Crippen molar-refractivity contribution in [3.05, 3.63) is 0 Å². The van der Waals surface area contributed by atoms with Crippen LogP contribution in [-0.4, -0.2) is 24.5 Å². The van der Waals surface area contributed by atoms with Crippen molar-refractivity contribution in [2.24, 2.45) is 47.3 Å². The van der Waals surface area contributed by atoms with E-state index < -0.39 is 11.9 Å². The topological polar surface area (TPSA) is 69.7 Å². The first kappa shape index (κ1) is 13.3. The highest BCUT2D eigenvalue weighted by Crippen LogP contribution is 2.63. The third-order valence-corrected chi connectivity index (χ3v) is 6.56. The average Bonchev–Trinajstić information content (AvgIpc) is 3.04. The Morgan fingerprint density at radius 2 is 1.67 bits per heavy atom. The monoisotopic (exact) mass is 292 g/mol. The highest BCUT2D eigenvalue weighted by atomic mass is 16.6. The molecule has 0 aromatic carbocycles. The van der Waals surface area contributed by atoms with E-state index in [0.29, 0.717) is 24.4 Å². The maximum absolute atomic E-state index is 12.2. The summed E-state index contributed by atoms with van der Waals surface area (Å²) in [6, 6.07) is 0. The van der Waals surface area contributed by atoms with E-state index in [1.807, 2.05) is 0 Å². The minimum atomic E-state index is -0.414. The summed E-state index contributed by atoms with van der Waals surface area (Å²) in [4.78, 5) is 35.9.